The van der Waals surface area contributed by atoms with Crippen LogP contribution >= 0.6 is 11.6 Å². The number of aromatic nitrogens is 1. The number of nitrogens with zero attached hydrogens (tertiary/aromatic N) is 1. The van der Waals surface area contributed by atoms with Crippen LogP contribution in [0.1, 0.15) is 17.9 Å². The fraction of sp³-hybridized carbons (Fsp3) is 0.250. The van der Waals surface area contributed by atoms with Crippen LogP contribution in [0.15, 0.2) is 47.6 Å². The molecule has 1 N–H and O–H groups in total. The molecule has 1 amide bonds. The highest BCUT2D eigenvalue weighted by molar-refractivity contribution is 7.90. The SMILES string of the molecule is COc1ccccc1[C@@H]1C[C@H]1C(=O)NS(=O)(=O)c1cncc(Cl)c1. The number of rotatable bonds is 5. The van der Waals surface area contributed by atoms with Gasteiger partial charge >= 0.3 is 0 Å². The van der Waals surface area contributed by atoms with Gasteiger partial charge in [-0.15, -0.1) is 0 Å². The summed E-state index contributed by atoms with van der Waals surface area (Å²) in [5.41, 5.74) is 0.905. The minimum absolute atomic E-state index is 0.0474. The van der Waals surface area contributed by atoms with Gasteiger partial charge in [0.15, 0.2) is 0 Å². The third kappa shape index (κ3) is 3.37. The Kier molecular flexibility index (Phi) is 4.47. The molecule has 0 bridgehead atoms. The number of halogens is 1. The predicted molar refractivity (Wildman–Crippen MR) is 88.4 cm³/mol. The van der Waals surface area contributed by atoms with Crippen LogP contribution in [0.4, 0.5) is 0 Å². The number of methoxy groups -OCH3 is 1. The first-order chi connectivity index (χ1) is 11.4. The Labute approximate surface area is 144 Å². The van der Waals surface area contributed by atoms with Gasteiger partial charge in [0.2, 0.25) is 5.91 Å². The zero-order valence-electron chi connectivity index (χ0n) is 12.8. The van der Waals surface area contributed by atoms with E-state index in [1.54, 1.807) is 7.11 Å². The summed E-state index contributed by atoms with van der Waals surface area (Å²) in [6.45, 7) is 0. The lowest BCUT2D eigenvalue weighted by atomic mass is 10.1. The van der Waals surface area contributed by atoms with Gasteiger partial charge in [-0.1, -0.05) is 29.8 Å². The molecular weight excluding hydrogens is 352 g/mol. The van der Waals surface area contributed by atoms with E-state index in [9.17, 15) is 13.2 Å². The maximum absolute atomic E-state index is 12.3. The van der Waals surface area contributed by atoms with Crippen molar-refractivity contribution in [2.75, 3.05) is 7.11 Å². The van der Waals surface area contributed by atoms with Crippen LogP contribution in [0.3, 0.4) is 0 Å². The molecule has 1 heterocycles. The Morgan fingerprint density at radius 3 is 2.79 bits per heavy atom. The van der Waals surface area contributed by atoms with Crippen LogP contribution in [0, 0.1) is 5.92 Å². The zero-order chi connectivity index (χ0) is 17.3. The van der Waals surface area contributed by atoms with Gasteiger partial charge in [-0.3, -0.25) is 9.78 Å². The molecule has 0 spiro atoms. The summed E-state index contributed by atoms with van der Waals surface area (Å²) in [6, 6.07) is 8.65. The van der Waals surface area contributed by atoms with E-state index >= 15 is 0 Å². The average molecular weight is 367 g/mol. The standard InChI is InChI=1S/C16H15ClN2O4S/c1-23-15-5-3-2-4-12(15)13-7-14(13)16(20)19-24(21,22)11-6-10(17)8-18-9-11/h2-6,8-9,13-14H,7H2,1H3,(H,19,20)/t13-,14+/m0/s1. The van der Waals surface area contributed by atoms with Gasteiger partial charge in [-0.2, -0.15) is 0 Å². The second-order valence-electron chi connectivity index (χ2n) is 5.50. The molecule has 3 rings (SSSR count). The first kappa shape index (κ1) is 16.7. The topological polar surface area (TPSA) is 85.4 Å². The molecule has 0 saturated heterocycles. The molecule has 0 radical (unpaired) electrons. The second kappa shape index (κ2) is 6.41. The van der Waals surface area contributed by atoms with Crippen molar-refractivity contribution in [2.24, 2.45) is 5.92 Å². The number of ether oxygens (including phenoxy) is 1. The molecule has 126 valence electrons. The highest BCUT2D eigenvalue weighted by atomic mass is 35.5. The van der Waals surface area contributed by atoms with E-state index in [0.717, 1.165) is 11.8 Å². The van der Waals surface area contributed by atoms with Crippen molar-refractivity contribution in [3.05, 3.63) is 53.3 Å². The van der Waals surface area contributed by atoms with Crippen molar-refractivity contribution in [3.8, 4) is 5.75 Å². The van der Waals surface area contributed by atoms with Gasteiger partial charge in [-0.25, -0.2) is 13.1 Å². The predicted octanol–water partition coefficient (Wildman–Crippen LogP) is 2.35. The number of carbonyl (C=O) groups excluding carboxylic acids is 1. The number of sulfonamides is 1. The summed E-state index contributed by atoms with van der Waals surface area (Å²) in [7, 11) is -2.42. The van der Waals surface area contributed by atoms with Crippen LogP contribution in [0.25, 0.3) is 0 Å². The van der Waals surface area contributed by atoms with Crippen molar-refractivity contribution in [3.63, 3.8) is 0 Å². The number of benzene rings is 1. The van der Waals surface area contributed by atoms with Gasteiger partial charge in [-0.05, 0) is 30.0 Å². The molecule has 1 aromatic carbocycles. The number of carbonyl (C=O) groups is 1. The maximum Gasteiger partial charge on any atom is 0.265 e. The van der Waals surface area contributed by atoms with E-state index in [0.29, 0.717) is 12.2 Å². The van der Waals surface area contributed by atoms with Gasteiger partial charge in [0.1, 0.15) is 10.6 Å². The van der Waals surface area contributed by atoms with Gasteiger partial charge in [0.05, 0.1) is 12.1 Å². The van der Waals surface area contributed by atoms with E-state index in [-0.39, 0.29) is 15.8 Å². The summed E-state index contributed by atoms with van der Waals surface area (Å²) in [6.07, 6.45) is 3.04. The fourth-order valence-electron chi connectivity index (χ4n) is 2.61. The molecule has 8 heteroatoms. The van der Waals surface area contributed by atoms with Crippen LogP contribution < -0.4 is 9.46 Å². The van der Waals surface area contributed by atoms with E-state index in [4.69, 9.17) is 16.3 Å². The number of amides is 1. The van der Waals surface area contributed by atoms with Gasteiger partial charge in [0, 0.05) is 18.3 Å². The first-order valence-electron chi connectivity index (χ1n) is 7.22. The Morgan fingerprint density at radius 1 is 1.33 bits per heavy atom. The number of hydrogen-bond donors (Lipinski definition) is 1. The van der Waals surface area contributed by atoms with Crippen LogP contribution in [0.2, 0.25) is 5.02 Å². The van der Waals surface area contributed by atoms with Crippen molar-refractivity contribution >= 4 is 27.5 Å². The number of pyridine rings is 1. The van der Waals surface area contributed by atoms with Gasteiger partial charge in [0.25, 0.3) is 10.0 Å². The highest BCUT2D eigenvalue weighted by Crippen LogP contribution is 2.50. The lowest BCUT2D eigenvalue weighted by Gasteiger charge is -2.09. The van der Waals surface area contributed by atoms with Crippen LogP contribution in [0.5, 0.6) is 5.75 Å². The molecule has 1 fully saturated rings. The van der Waals surface area contributed by atoms with E-state index < -0.39 is 21.8 Å². The second-order valence-corrected chi connectivity index (χ2v) is 7.62. The molecule has 1 aromatic heterocycles. The monoisotopic (exact) mass is 366 g/mol. The highest BCUT2D eigenvalue weighted by Gasteiger charge is 2.46. The minimum Gasteiger partial charge on any atom is -0.496 e. The fourth-order valence-corrected chi connectivity index (χ4v) is 3.86. The molecule has 2 atom stereocenters. The summed E-state index contributed by atoms with van der Waals surface area (Å²) < 4.78 is 31.9. The summed E-state index contributed by atoms with van der Waals surface area (Å²) in [5.74, 6) is -0.289. The Bertz CT molecular complexity index is 885. The first-order valence-corrected chi connectivity index (χ1v) is 9.08. The zero-order valence-corrected chi connectivity index (χ0v) is 14.3. The third-order valence-corrected chi connectivity index (χ3v) is 5.41. The molecule has 1 aliphatic carbocycles. The number of para-hydroxylation sites is 1. The molecule has 1 saturated carbocycles. The Morgan fingerprint density at radius 2 is 2.08 bits per heavy atom. The van der Waals surface area contributed by atoms with Crippen molar-refractivity contribution in [1.82, 2.24) is 9.71 Å². The lowest BCUT2D eigenvalue weighted by molar-refractivity contribution is -0.120. The molecule has 0 unspecified atom stereocenters. The van der Waals surface area contributed by atoms with E-state index in [1.807, 2.05) is 24.3 Å². The summed E-state index contributed by atoms with van der Waals surface area (Å²) in [5, 5.41) is 0.184. The van der Waals surface area contributed by atoms with E-state index in [1.165, 1.54) is 12.3 Å². The third-order valence-electron chi connectivity index (χ3n) is 3.89. The van der Waals surface area contributed by atoms with E-state index in [2.05, 4.69) is 9.71 Å². The Hall–Kier alpha value is -2.12. The Balaban J connectivity index is 1.73. The molecule has 1 aliphatic rings. The van der Waals surface area contributed by atoms with Crippen LogP contribution in [-0.4, -0.2) is 26.4 Å². The summed E-state index contributed by atoms with van der Waals surface area (Å²) in [4.78, 5) is 15.9. The minimum atomic E-state index is -3.99. The quantitative estimate of drug-likeness (QED) is 0.877. The maximum atomic E-state index is 12.3. The van der Waals surface area contributed by atoms with Crippen molar-refractivity contribution in [2.45, 2.75) is 17.2 Å². The van der Waals surface area contributed by atoms with Crippen molar-refractivity contribution < 1.29 is 17.9 Å². The normalized spacial score (nSPS) is 19.6. The summed E-state index contributed by atoms with van der Waals surface area (Å²) >= 11 is 5.75. The number of hydrogen-bond acceptors (Lipinski definition) is 5. The molecule has 0 aliphatic heterocycles. The van der Waals surface area contributed by atoms with Gasteiger partial charge < -0.3 is 4.74 Å². The molecular formula is C16H15ClN2O4S. The smallest absolute Gasteiger partial charge is 0.265 e. The average Bonchev–Trinajstić information content (AvgIpc) is 3.35. The van der Waals surface area contributed by atoms with Crippen molar-refractivity contribution in [1.29, 1.82) is 0 Å². The lowest BCUT2D eigenvalue weighted by Crippen LogP contribution is -2.32. The number of nitrogens with one attached hydrogen (secondary N) is 1. The molecule has 24 heavy (non-hydrogen) atoms. The molecule has 6 nitrogen and oxygen atoms in total. The van der Waals surface area contributed by atoms with Crippen LogP contribution in [-0.2, 0) is 14.8 Å². The molecule has 2 aromatic rings. The largest absolute Gasteiger partial charge is 0.496 e.